The Bertz CT molecular complexity index is 673. The Morgan fingerprint density at radius 1 is 1.08 bits per heavy atom. The van der Waals surface area contributed by atoms with E-state index in [0.29, 0.717) is 17.9 Å². The van der Waals surface area contributed by atoms with Gasteiger partial charge in [-0.2, -0.15) is 0 Å². The van der Waals surface area contributed by atoms with Gasteiger partial charge in [-0.05, 0) is 42.8 Å². The molecule has 5 nitrogen and oxygen atoms in total. The molecule has 0 aromatic heterocycles. The van der Waals surface area contributed by atoms with E-state index < -0.39 is 18.0 Å². The van der Waals surface area contributed by atoms with Crippen LogP contribution in [-0.4, -0.2) is 24.6 Å². The smallest absolute Gasteiger partial charge is 0.347 e. The summed E-state index contributed by atoms with van der Waals surface area (Å²) >= 11 is 3.32. The highest BCUT2D eigenvalue weighted by Crippen LogP contribution is 2.15. The summed E-state index contributed by atoms with van der Waals surface area (Å²) in [5.74, 6) is -0.381. The molecular formula is C18H18BrNO4. The first-order chi connectivity index (χ1) is 11.6. The Labute approximate surface area is 149 Å². The van der Waals surface area contributed by atoms with E-state index in [4.69, 9.17) is 9.47 Å². The van der Waals surface area contributed by atoms with E-state index in [1.165, 1.54) is 0 Å². The molecule has 2 aromatic carbocycles. The molecule has 126 valence electrons. The maximum atomic E-state index is 12.0. The van der Waals surface area contributed by atoms with E-state index in [1.54, 1.807) is 24.3 Å². The van der Waals surface area contributed by atoms with Crippen LogP contribution in [0.1, 0.15) is 13.3 Å². The SMILES string of the molecule is CC[C@H](Oc1ccccc1)C(=O)OCC(=O)Nc1ccc(Br)cc1. The molecule has 6 heteroatoms. The summed E-state index contributed by atoms with van der Waals surface area (Å²) in [5, 5.41) is 2.65. The summed E-state index contributed by atoms with van der Waals surface area (Å²) in [6.07, 6.45) is -0.296. The molecule has 2 rings (SSSR count). The third-order valence-corrected chi connectivity index (χ3v) is 3.66. The maximum Gasteiger partial charge on any atom is 0.347 e. The first kappa shape index (κ1) is 18.0. The Morgan fingerprint density at radius 2 is 1.75 bits per heavy atom. The normalized spacial score (nSPS) is 11.4. The average Bonchev–Trinajstić information content (AvgIpc) is 2.60. The van der Waals surface area contributed by atoms with E-state index in [0.717, 1.165) is 4.47 Å². The van der Waals surface area contributed by atoms with Crippen LogP contribution >= 0.6 is 15.9 Å². The molecule has 0 aliphatic rings. The summed E-state index contributed by atoms with van der Waals surface area (Å²) in [4.78, 5) is 23.9. The molecule has 0 aliphatic carbocycles. The van der Waals surface area contributed by atoms with Crippen LogP contribution in [-0.2, 0) is 14.3 Å². The van der Waals surface area contributed by atoms with Crippen molar-refractivity contribution >= 4 is 33.5 Å². The topological polar surface area (TPSA) is 64.6 Å². The first-order valence-electron chi connectivity index (χ1n) is 7.52. The molecule has 0 aliphatic heterocycles. The lowest BCUT2D eigenvalue weighted by Gasteiger charge is -2.16. The highest BCUT2D eigenvalue weighted by molar-refractivity contribution is 9.10. The highest BCUT2D eigenvalue weighted by Gasteiger charge is 2.21. The van der Waals surface area contributed by atoms with Gasteiger partial charge in [0.1, 0.15) is 5.75 Å². The number of ether oxygens (including phenoxy) is 2. The summed E-state index contributed by atoms with van der Waals surface area (Å²) in [6, 6.07) is 16.1. The van der Waals surface area contributed by atoms with Crippen LogP contribution in [0.3, 0.4) is 0 Å². The van der Waals surface area contributed by atoms with Gasteiger partial charge in [0.15, 0.2) is 12.7 Å². The van der Waals surface area contributed by atoms with Crippen molar-refractivity contribution in [2.75, 3.05) is 11.9 Å². The van der Waals surface area contributed by atoms with Crippen molar-refractivity contribution in [1.82, 2.24) is 0 Å². The molecule has 0 radical (unpaired) electrons. The predicted molar refractivity (Wildman–Crippen MR) is 94.9 cm³/mol. The fraction of sp³-hybridized carbons (Fsp3) is 0.222. The van der Waals surface area contributed by atoms with Crippen molar-refractivity contribution in [2.45, 2.75) is 19.4 Å². The zero-order valence-corrected chi connectivity index (χ0v) is 14.8. The number of hydrogen-bond donors (Lipinski definition) is 1. The quantitative estimate of drug-likeness (QED) is 0.729. The molecule has 0 unspecified atom stereocenters. The Kier molecular flexibility index (Phi) is 6.81. The first-order valence-corrected chi connectivity index (χ1v) is 8.31. The number of halogens is 1. The van der Waals surface area contributed by atoms with Crippen molar-refractivity contribution in [3.05, 3.63) is 59.1 Å². The minimum absolute atomic E-state index is 0.358. The summed E-state index contributed by atoms with van der Waals surface area (Å²) < 4.78 is 11.5. The highest BCUT2D eigenvalue weighted by atomic mass is 79.9. The number of rotatable bonds is 7. The zero-order chi connectivity index (χ0) is 17.4. The third kappa shape index (κ3) is 5.70. The molecule has 0 spiro atoms. The standard InChI is InChI=1S/C18H18BrNO4/c1-2-16(24-15-6-4-3-5-7-15)18(22)23-12-17(21)20-14-10-8-13(19)9-11-14/h3-11,16H,2,12H2,1H3,(H,20,21)/t16-/m0/s1. The monoisotopic (exact) mass is 391 g/mol. The van der Waals surface area contributed by atoms with Gasteiger partial charge in [-0.1, -0.05) is 41.1 Å². The number of carbonyl (C=O) groups excluding carboxylic acids is 2. The van der Waals surface area contributed by atoms with Crippen molar-refractivity contribution in [2.24, 2.45) is 0 Å². The van der Waals surface area contributed by atoms with Gasteiger partial charge in [-0.15, -0.1) is 0 Å². The van der Waals surface area contributed by atoms with Gasteiger partial charge in [-0.25, -0.2) is 4.79 Å². The molecule has 1 amide bonds. The second-order valence-corrected chi connectivity index (χ2v) is 5.91. The average molecular weight is 392 g/mol. The predicted octanol–water partition coefficient (Wildman–Crippen LogP) is 3.79. The molecule has 1 N–H and O–H groups in total. The van der Waals surface area contributed by atoms with Crippen molar-refractivity contribution in [3.8, 4) is 5.75 Å². The van der Waals surface area contributed by atoms with Crippen molar-refractivity contribution < 1.29 is 19.1 Å². The van der Waals surface area contributed by atoms with Crippen LogP contribution < -0.4 is 10.1 Å². The van der Waals surface area contributed by atoms with Gasteiger partial charge < -0.3 is 14.8 Å². The van der Waals surface area contributed by atoms with Gasteiger partial charge in [0.2, 0.25) is 0 Å². The molecule has 0 heterocycles. The van der Waals surface area contributed by atoms with Crippen LogP contribution in [0.25, 0.3) is 0 Å². The summed E-state index contributed by atoms with van der Waals surface area (Å²) in [7, 11) is 0. The number of amides is 1. The van der Waals surface area contributed by atoms with Crippen molar-refractivity contribution in [3.63, 3.8) is 0 Å². The van der Waals surface area contributed by atoms with E-state index >= 15 is 0 Å². The lowest BCUT2D eigenvalue weighted by atomic mass is 10.2. The zero-order valence-electron chi connectivity index (χ0n) is 13.2. The van der Waals surface area contributed by atoms with Gasteiger partial charge in [0.05, 0.1) is 0 Å². The summed E-state index contributed by atoms with van der Waals surface area (Å²) in [5.41, 5.74) is 0.631. The number of hydrogen-bond acceptors (Lipinski definition) is 4. The molecule has 1 atom stereocenters. The van der Waals surface area contributed by atoms with E-state index in [-0.39, 0.29) is 6.61 Å². The molecule has 2 aromatic rings. The summed E-state index contributed by atoms with van der Waals surface area (Å²) in [6.45, 7) is 1.46. The molecule has 0 saturated carbocycles. The number of benzene rings is 2. The fourth-order valence-electron chi connectivity index (χ4n) is 1.92. The van der Waals surface area contributed by atoms with Crippen LogP contribution in [0.4, 0.5) is 5.69 Å². The molecule has 24 heavy (non-hydrogen) atoms. The van der Waals surface area contributed by atoms with Crippen LogP contribution in [0.5, 0.6) is 5.75 Å². The van der Waals surface area contributed by atoms with Crippen LogP contribution in [0, 0.1) is 0 Å². The van der Waals surface area contributed by atoms with Crippen LogP contribution in [0.2, 0.25) is 0 Å². The lowest BCUT2D eigenvalue weighted by molar-refractivity contribution is -0.154. The number of para-hydroxylation sites is 1. The fourth-order valence-corrected chi connectivity index (χ4v) is 2.19. The van der Waals surface area contributed by atoms with Gasteiger partial charge in [0.25, 0.3) is 5.91 Å². The van der Waals surface area contributed by atoms with Crippen molar-refractivity contribution in [1.29, 1.82) is 0 Å². The molecule has 0 bridgehead atoms. The minimum Gasteiger partial charge on any atom is -0.479 e. The molecule has 0 fully saturated rings. The van der Waals surface area contributed by atoms with Gasteiger partial charge in [-0.3, -0.25) is 4.79 Å². The number of nitrogens with one attached hydrogen (secondary N) is 1. The van der Waals surface area contributed by atoms with Gasteiger partial charge >= 0.3 is 5.97 Å². The van der Waals surface area contributed by atoms with Gasteiger partial charge in [0, 0.05) is 10.2 Å². The number of anilines is 1. The Hall–Kier alpha value is -2.34. The Balaban J connectivity index is 1.82. The second-order valence-electron chi connectivity index (χ2n) is 4.99. The lowest BCUT2D eigenvalue weighted by Crippen LogP contribution is -2.31. The molecular weight excluding hydrogens is 374 g/mol. The Morgan fingerprint density at radius 3 is 2.38 bits per heavy atom. The minimum atomic E-state index is -0.743. The van der Waals surface area contributed by atoms with E-state index in [1.807, 2.05) is 37.3 Å². The largest absolute Gasteiger partial charge is 0.479 e. The maximum absolute atomic E-state index is 12.0. The van der Waals surface area contributed by atoms with E-state index in [9.17, 15) is 9.59 Å². The number of esters is 1. The molecule has 0 saturated heterocycles. The van der Waals surface area contributed by atoms with Crippen LogP contribution in [0.15, 0.2) is 59.1 Å². The van der Waals surface area contributed by atoms with E-state index in [2.05, 4.69) is 21.2 Å². The third-order valence-electron chi connectivity index (χ3n) is 3.13. The second kappa shape index (κ2) is 9.08. The number of carbonyl (C=O) groups is 2.